The minimum absolute atomic E-state index is 1.09. The summed E-state index contributed by atoms with van der Waals surface area (Å²) in [6, 6.07) is 2.20. The number of fused-ring (bicyclic) bond motifs is 3. The van der Waals surface area contributed by atoms with Crippen molar-refractivity contribution in [2.24, 2.45) is 0 Å². The predicted molar refractivity (Wildman–Crippen MR) is 45.8 cm³/mol. The molecule has 0 spiro atoms. The van der Waals surface area contributed by atoms with Crippen LogP contribution in [0.15, 0.2) is 18.6 Å². The van der Waals surface area contributed by atoms with Crippen molar-refractivity contribution < 1.29 is 0 Å². The van der Waals surface area contributed by atoms with Crippen LogP contribution in [0.25, 0.3) is 11.0 Å². The van der Waals surface area contributed by atoms with Gasteiger partial charge in [0.2, 0.25) is 0 Å². The summed E-state index contributed by atoms with van der Waals surface area (Å²) in [6.45, 7) is 1.12. The molecule has 3 heterocycles. The van der Waals surface area contributed by atoms with Crippen molar-refractivity contribution in [3.63, 3.8) is 0 Å². The molecule has 1 aliphatic heterocycles. The minimum Gasteiger partial charge on any atom is -0.330 e. The molecule has 0 atom stereocenters. The van der Waals surface area contributed by atoms with Crippen LogP contribution in [0.1, 0.15) is 12.1 Å². The van der Waals surface area contributed by atoms with Gasteiger partial charge in [0, 0.05) is 23.8 Å². The van der Waals surface area contributed by atoms with Gasteiger partial charge in [-0.15, -0.1) is 0 Å². The lowest BCUT2D eigenvalue weighted by molar-refractivity contribution is 0.764. The Labute approximate surface area is 70.1 Å². The molecule has 3 heteroatoms. The van der Waals surface area contributed by atoms with Crippen LogP contribution in [-0.4, -0.2) is 14.5 Å². The molecule has 2 aromatic heterocycles. The van der Waals surface area contributed by atoms with E-state index >= 15 is 0 Å². The Balaban J connectivity index is 2.44. The van der Waals surface area contributed by atoms with E-state index in [1.807, 2.05) is 6.20 Å². The predicted octanol–water partition coefficient (Wildman–Crippen LogP) is 1.38. The Morgan fingerprint density at radius 1 is 1.42 bits per heavy atom. The Morgan fingerprint density at radius 2 is 2.42 bits per heavy atom. The summed E-state index contributed by atoms with van der Waals surface area (Å²) in [7, 11) is 0. The van der Waals surface area contributed by atoms with Gasteiger partial charge in [0.15, 0.2) is 0 Å². The van der Waals surface area contributed by atoms with E-state index in [2.05, 4.69) is 20.6 Å². The molecule has 0 aliphatic carbocycles. The average Bonchev–Trinajstić information content (AvgIpc) is 2.62. The smallest absolute Gasteiger partial charge is 0.143 e. The lowest BCUT2D eigenvalue weighted by atomic mass is 10.3. The van der Waals surface area contributed by atoms with E-state index < -0.39 is 0 Å². The van der Waals surface area contributed by atoms with Crippen molar-refractivity contribution in [1.82, 2.24) is 14.5 Å². The van der Waals surface area contributed by atoms with E-state index in [1.54, 1.807) is 6.33 Å². The van der Waals surface area contributed by atoms with Gasteiger partial charge in [-0.05, 0) is 18.9 Å². The van der Waals surface area contributed by atoms with E-state index in [0.717, 1.165) is 12.2 Å². The van der Waals surface area contributed by atoms with Crippen molar-refractivity contribution in [3.05, 3.63) is 24.3 Å². The van der Waals surface area contributed by atoms with Crippen molar-refractivity contribution in [3.8, 4) is 0 Å². The highest BCUT2D eigenvalue weighted by molar-refractivity contribution is 5.76. The van der Waals surface area contributed by atoms with Gasteiger partial charge in [0.25, 0.3) is 0 Å². The van der Waals surface area contributed by atoms with Crippen LogP contribution in [0.3, 0.4) is 0 Å². The topological polar surface area (TPSA) is 30.7 Å². The molecule has 0 bridgehead atoms. The summed E-state index contributed by atoms with van der Waals surface area (Å²) in [5, 5.41) is 1.17. The summed E-state index contributed by atoms with van der Waals surface area (Å²) >= 11 is 0. The van der Waals surface area contributed by atoms with Crippen LogP contribution < -0.4 is 0 Å². The molecule has 2 aromatic rings. The molecule has 3 nitrogen and oxygen atoms in total. The van der Waals surface area contributed by atoms with Crippen molar-refractivity contribution in [2.75, 3.05) is 0 Å². The van der Waals surface area contributed by atoms with Gasteiger partial charge in [-0.2, -0.15) is 0 Å². The highest BCUT2D eigenvalue weighted by atomic mass is 15.1. The molecule has 0 radical (unpaired) electrons. The Bertz CT molecular complexity index is 430. The molecular weight excluding hydrogens is 150 g/mol. The first kappa shape index (κ1) is 6.17. The molecule has 0 aromatic carbocycles. The third-order valence-electron chi connectivity index (χ3n) is 2.46. The van der Waals surface area contributed by atoms with Crippen LogP contribution in [0.5, 0.6) is 0 Å². The van der Waals surface area contributed by atoms with Gasteiger partial charge in [0.1, 0.15) is 12.0 Å². The van der Waals surface area contributed by atoms with Gasteiger partial charge in [-0.1, -0.05) is 0 Å². The summed E-state index contributed by atoms with van der Waals surface area (Å²) < 4.78 is 2.29. The fraction of sp³-hybridized carbons (Fsp3) is 0.333. The molecule has 12 heavy (non-hydrogen) atoms. The van der Waals surface area contributed by atoms with E-state index in [1.165, 1.54) is 23.9 Å². The highest BCUT2D eigenvalue weighted by Gasteiger charge is 2.14. The molecule has 1 aliphatic rings. The van der Waals surface area contributed by atoms with Gasteiger partial charge in [-0.25, -0.2) is 9.97 Å². The third-order valence-corrected chi connectivity index (χ3v) is 2.46. The van der Waals surface area contributed by atoms with E-state index in [9.17, 15) is 0 Å². The second-order valence-electron chi connectivity index (χ2n) is 3.19. The van der Waals surface area contributed by atoms with Crippen molar-refractivity contribution >= 4 is 11.0 Å². The molecule has 0 fully saturated rings. The molecule has 0 N–H and O–H groups in total. The van der Waals surface area contributed by atoms with Crippen LogP contribution in [0.4, 0.5) is 0 Å². The Hall–Kier alpha value is -1.38. The Kier molecular flexibility index (Phi) is 1.06. The van der Waals surface area contributed by atoms with Crippen LogP contribution >= 0.6 is 0 Å². The van der Waals surface area contributed by atoms with Gasteiger partial charge >= 0.3 is 0 Å². The molecule has 60 valence electrons. The maximum absolute atomic E-state index is 4.26. The lowest BCUT2D eigenvalue weighted by Crippen LogP contribution is -1.92. The summed E-state index contributed by atoms with van der Waals surface area (Å²) in [6.07, 6.45) is 5.95. The molecule has 0 amide bonds. The molecular formula is C9H9N3. The van der Waals surface area contributed by atoms with Crippen LogP contribution in [0.2, 0.25) is 0 Å². The minimum atomic E-state index is 1.09. The first-order valence-electron chi connectivity index (χ1n) is 4.23. The van der Waals surface area contributed by atoms with Crippen molar-refractivity contribution in [2.45, 2.75) is 19.4 Å². The van der Waals surface area contributed by atoms with E-state index in [4.69, 9.17) is 0 Å². The van der Waals surface area contributed by atoms with Gasteiger partial charge in [0.05, 0.1) is 0 Å². The van der Waals surface area contributed by atoms with E-state index in [-0.39, 0.29) is 0 Å². The highest BCUT2D eigenvalue weighted by Crippen LogP contribution is 2.23. The number of aromatic nitrogens is 3. The second kappa shape index (κ2) is 2.06. The monoisotopic (exact) mass is 159 g/mol. The number of hydrogen-bond donors (Lipinski definition) is 0. The largest absolute Gasteiger partial charge is 0.330 e. The average molecular weight is 159 g/mol. The van der Waals surface area contributed by atoms with Gasteiger partial charge < -0.3 is 4.57 Å². The lowest BCUT2D eigenvalue weighted by Gasteiger charge is -1.96. The quantitative estimate of drug-likeness (QED) is 0.581. The Morgan fingerprint density at radius 3 is 3.42 bits per heavy atom. The van der Waals surface area contributed by atoms with Crippen LogP contribution in [-0.2, 0) is 13.0 Å². The second-order valence-corrected chi connectivity index (χ2v) is 3.19. The zero-order chi connectivity index (χ0) is 7.97. The molecule has 0 saturated carbocycles. The number of aryl methyl sites for hydroxylation is 2. The number of rotatable bonds is 0. The normalized spacial score (nSPS) is 15.3. The molecule has 0 saturated heterocycles. The summed E-state index contributed by atoms with van der Waals surface area (Å²) in [5.41, 5.74) is 2.50. The zero-order valence-corrected chi connectivity index (χ0v) is 6.70. The summed E-state index contributed by atoms with van der Waals surface area (Å²) in [5.74, 6) is 0. The number of hydrogen-bond acceptors (Lipinski definition) is 2. The fourth-order valence-electron chi connectivity index (χ4n) is 1.93. The van der Waals surface area contributed by atoms with Gasteiger partial charge in [-0.3, -0.25) is 0 Å². The molecule has 0 unspecified atom stereocenters. The zero-order valence-electron chi connectivity index (χ0n) is 6.70. The van der Waals surface area contributed by atoms with Crippen molar-refractivity contribution in [1.29, 1.82) is 0 Å². The number of nitrogens with zero attached hydrogens (tertiary/aromatic N) is 3. The first-order chi connectivity index (χ1) is 5.95. The third kappa shape index (κ3) is 0.656. The maximum Gasteiger partial charge on any atom is 0.143 e. The molecule has 3 rings (SSSR count). The summed E-state index contributed by atoms with van der Waals surface area (Å²) in [4.78, 5) is 8.27. The fourth-order valence-corrected chi connectivity index (χ4v) is 1.93. The first-order valence-corrected chi connectivity index (χ1v) is 4.23. The standard InChI is InChI=1S/C9H9N3/c1-2-8-4-7-5-10-6-11-9(7)12(8)3-1/h4-6H,1-3H2. The SMILES string of the molecule is c1ncc2cc3n(c2n1)CCC3. The maximum atomic E-state index is 4.26. The van der Waals surface area contributed by atoms with E-state index in [0.29, 0.717) is 0 Å². The van der Waals surface area contributed by atoms with Crippen LogP contribution in [0, 0.1) is 0 Å².